The maximum atomic E-state index is 12.9. The van der Waals surface area contributed by atoms with Crippen molar-refractivity contribution in [1.82, 2.24) is 19.7 Å². The van der Waals surface area contributed by atoms with Crippen molar-refractivity contribution in [2.24, 2.45) is 0 Å². The normalized spacial score (nSPS) is 11.7. The van der Waals surface area contributed by atoms with Crippen LogP contribution < -0.4 is 10.4 Å². The molecule has 0 saturated heterocycles. The van der Waals surface area contributed by atoms with Crippen molar-refractivity contribution in [1.29, 1.82) is 0 Å². The largest absolute Gasteiger partial charge is 0.497 e. The molecule has 0 fully saturated rings. The molecule has 30 heavy (non-hydrogen) atoms. The van der Waals surface area contributed by atoms with Crippen molar-refractivity contribution in [3.05, 3.63) is 64.0 Å². The number of hydrogen-bond acceptors (Lipinski definition) is 5. The van der Waals surface area contributed by atoms with E-state index in [1.165, 1.54) is 30.1 Å². The highest BCUT2D eigenvalue weighted by Gasteiger charge is 2.32. The average Bonchev–Trinajstić information content (AvgIpc) is 3.07. The Kier molecular flexibility index (Phi) is 5.72. The molecule has 2 heterocycles. The van der Waals surface area contributed by atoms with Crippen LogP contribution in [0.4, 0.5) is 13.2 Å². The topological polar surface area (TPSA) is 110 Å². The number of carboxylic acid groups (broad SMARTS) is 1. The molecule has 0 atom stereocenters. The van der Waals surface area contributed by atoms with Crippen LogP contribution in [0.1, 0.15) is 17.0 Å². The molecule has 11 heteroatoms. The number of aromatic amines is 1. The second kappa shape index (κ2) is 8.23. The third kappa shape index (κ3) is 4.93. The number of H-pyrrole nitrogens is 1. The van der Waals surface area contributed by atoms with E-state index < -0.39 is 30.1 Å². The summed E-state index contributed by atoms with van der Waals surface area (Å²) in [6, 6.07) is 7.49. The van der Waals surface area contributed by atoms with Gasteiger partial charge in [0.15, 0.2) is 0 Å². The molecule has 0 bridgehead atoms. The van der Waals surface area contributed by atoms with Gasteiger partial charge in [0, 0.05) is 17.3 Å². The monoisotopic (exact) mass is 420 g/mol. The Hall–Kier alpha value is -3.89. The van der Waals surface area contributed by atoms with Crippen LogP contribution in [0.3, 0.4) is 0 Å². The van der Waals surface area contributed by atoms with Gasteiger partial charge in [-0.25, -0.2) is 4.79 Å². The first kappa shape index (κ1) is 20.8. The molecule has 3 rings (SSSR count). The second-order valence-electron chi connectivity index (χ2n) is 6.11. The third-order valence-corrected chi connectivity index (χ3v) is 3.95. The quantitative estimate of drug-likeness (QED) is 0.635. The second-order valence-corrected chi connectivity index (χ2v) is 6.11. The summed E-state index contributed by atoms with van der Waals surface area (Å²) in [5.41, 5.74) is -1.11. The van der Waals surface area contributed by atoms with E-state index in [1.54, 1.807) is 29.2 Å². The van der Waals surface area contributed by atoms with Gasteiger partial charge >= 0.3 is 17.8 Å². The number of benzene rings is 1. The van der Waals surface area contributed by atoms with E-state index in [0.717, 1.165) is 0 Å². The molecule has 0 aliphatic rings. The lowest BCUT2D eigenvalue weighted by Crippen LogP contribution is -2.19. The number of carboxylic acids is 1. The number of hydrogen-bond donors (Lipinski definition) is 2. The summed E-state index contributed by atoms with van der Waals surface area (Å²) in [6.07, 6.45) is -0.667. The zero-order valence-corrected chi connectivity index (χ0v) is 15.5. The van der Waals surface area contributed by atoms with Crippen LogP contribution in [0.25, 0.3) is 23.4 Å². The SMILES string of the molecule is COc1ccc(-c2nn(CC(=O)O)cc2/C=C/c2cc(C(F)(F)F)[nH]c(=O)n2)cc1. The van der Waals surface area contributed by atoms with Crippen molar-refractivity contribution in [3.8, 4) is 17.0 Å². The number of nitrogens with zero attached hydrogens (tertiary/aromatic N) is 3. The van der Waals surface area contributed by atoms with Crippen LogP contribution in [0, 0.1) is 0 Å². The molecule has 8 nitrogen and oxygen atoms in total. The molecular formula is C19H15F3N4O4. The van der Waals surface area contributed by atoms with Gasteiger partial charge in [-0.1, -0.05) is 0 Å². The Balaban J connectivity index is 2.02. The maximum absolute atomic E-state index is 12.9. The number of methoxy groups -OCH3 is 1. The third-order valence-electron chi connectivity index (χ3n) is 3.95. The highest BCUT2D eigenvalue weighted by Crippen LogP contribution is 2.28. The first-order valence-electron chi connectivity index (χ1n) is 8.46. The van der Waals surface area contributed by atoms with E-state index >= 15 is 0 Å². The van der Waals surface area contributed by atoms with E-state index in [0.29, 0.717) is 28.6 Å². The first-order chi connectivity index (χ1) is 14.2. The molecule has 0 saturated carbocycles. The molecule has 2 aromatic heterocycles. The predicted octanol–water partition coefficient (Wildman–Crippen LogP) is 2.92. The summed E-state index contributed by atoms with van der Waals surface area (Å²) in [5.74, 6) is -0.506. The predicted molar refractivity (Wildman–Crippen MR) is 101 cm³/mol. The van der Waals surface area contributed by atoms with Crippen LogP contribution >= 0.6 is 0 Å². The highest BCUT2D eigenvalue weighted by atomic mass is 19.4. The van der Waals surface area contributed by atoms with Crippen molar-refractivity contribution in [2.45, 2.75) is 12.7 Å². The average molecular weight is 420 g/mol. The lowest BCUT2D eigenvalue weighted by Gasteiger charge is -2.05. The van der Waals surface area contributed by atoms with E-state index in [9.17, 15) is 22.8 Å². The standard InChI is InChI=1S/C19H15F3N4O4/c1-30-14-6-3-11(4-7-14)17-12(9-26(25-17)10-16(27)28)2-5-13-8-15(19(20,21)22)24-18(29)23-13/h2-9H,10H2,1H3,(H,27,28)(H,23,24,29)/b5-2+. The minimum Gasteiger partial charge on any atom is -0.497 e. The van der Waals surface area contributed by atoms with Crippen molar-refractivity contribution in [2.75, 3.05) is 7.11 Å². The number of rotatable bonds is 6. The van der Waals surface area contributed by atoms with Gasteiger partial charge in [-0.05, 0) is 42.5 Å². The number of ether oxygens (including phenoxy) is 1. The van der Waals surface area contributed by atoms with E-state index in [4.69, 9.17) is 9.84 Å². The lowest BCUT2D eigenvalue weighted by atomic mass is 10.1. The van der Waals surface area contributed by atoms with Gasteiger partial charge in [0.2, 0.25) is 0 Å². The summed E-state index contributed by atoms with van der Waals surface area (Å²) < 4.78 is 44.9. The number of alkyl halides is 3. The zero-order valence-electron chi connectivity index (χ0n) is 15.5. The van der Waals surface area contributed by atoms with Gasteiger partial charge in [0.1, 0.15) is 18.0 Å². The Morgan fingerprint density at radius 1 is 1.27 bits per heavy atom. The van der Waals surface area contributed by atoms with Crippen molar-refractivity contribution < 1.29 is 27.8 Å². The number of nitrogens with one attached hydrogen (secondary N) is 1. The van der Waals surface area contributed by atoms with Gasteiger partial charge in [-0.3, -0.25) is 9.48 Å². The summed E-state index contributed by atoms with van der Waals surface area (Å²) in [7, 11) is 1.51. The minimum atomic E-state index is -4.73. The first-order valence-corrected chi connectivity index (χ1v) is 8.46. The molecular weight excluding hydrogens is 405 g/mol. The van der Waals surface area contributed by atoms with Crippen LogP contribution in [-0.4, -0.2) is 37.9 Å². The van der Waals surface area contributed by atoms with Gasteiger partial charge in [0.25, 0.3) is 0 Å². The fraction of sp³-hybridized carbons (Fsp3) is 0.158. The summed E-state index contributed by atoms with van der Waals surface area (Å²) in [6.45, 7) is -0.404. The van der Waals surface area contributed by atoms with Crippen LogP contribution in [-0.2, 0) is 17.5 Å². The molecule has 0 radical (unpaired) electrons. The molecule has 0 unspecified atom stereocenters. The molecule has 3 aromatic rings. The summed E-state index contributed by atoms with van der Waals surface area (Å²) in [5, 5.41) is 13.2. The van der Waals surface area contributed by atoms with Crippen molar-refractivity contribution in [3.63, 3.8) is 0 Å². The lowest BCUT2D eigenvalue weighted by molar-refractivity contribution is -0.141. The maximum Gasteiger partial charge on any atom is 0.431 e. The molecule has 156 valence electrons. The molecule has 0 spiro atoms. The Morgan fingerprint density at radius 2 is 1.97 bits per heavy atom. The molecule has 2 N–H and O–H groups in total. The van der Waals surface area contributed by atoms with E-state index in [2.05, 4.69) is 10.1 Å². The number of carbonyl (C=O) groups is 1. The van der Waals surface area contributed by atoms with E-state index in [-0.39, 0.29) is 5.69 Å². The summed E-state index contributed by atoms with van der Waals surface area (Å²) >= 11 is 0. The Labute approximate surface area is 167 Å². The molecule has 0 aliphatic carbocycles. The van der Waals surface area contributed by atoms with Gasteiger partial charge in [0.05, 0.1) is 18.5 Å². The Morgan fingerprint density at radius 3 is 2.57 bits per heavy atom. The van der Waals surface area contributed by atoms with Crippen LogP contribution in [0.15, 0.2) is 41.3 Å². The fourth-order valence-electron chi connectivity index (χ4n) is 2.64. The van der Waals surface area contributed by atoms with Gasteiger partial charge < -0.3 is 14.8 Å². The van der Waals surface area contributed by atoms with Crippen LogP contribution in [0.5, 0.6) is 5.75 Å². The van der Waals surface area contributed by atoms with Gasteiger partial charge in [-0.2, -0.15) is 23.3 Å². The number of aromatic nitrogens is 4. The Bertz CT molecular complexity index is 1150. The van der Waals surface area contributed by atoms with Gasteiger partial charge in [-0.15, -0.1) is 0 Å². The van der Waals surface area contributed by atoms with E-state index in [1.807, 2.05) is 0 Å². The fourth-order valence-corrected chi connectivity index (χ4v) is 2.64. The molecule has 1 aromatic carbocycles. The zero-order chi connectivity index (χ0) is 21.9. The van der Waals surface area contributed by atoms with Crippen molar-refractivity contribution >= 4 is 18.1 Å². The molecule has 0 amide bonds. The molecule has 0 aliphatic heterocycles. The highest BCUT2D eigenvalue weighted by molar-refractivity contribution is 5.78. The smallest absolute Gasteiger partial charge is 0.431 e. The summed E-state index contributed by atoms with van der Waals surface area (Å²) in [4.78, 5) is 27.6. The minimum absolute atomic E-state index is 0.210. The number of aliphatic carboxylic acids is 1. The van der Waals surface area contributed by atoms with Crippen LogP contribution in [0.2, 0.25) is 0 Å². The number of halogens is 3.